The molecule has 1 heterocycles. The van der Waals surface area contributed by atoms with Crippen molar-refractivity contribution in [1.29, 1.82) is 0 Å². The first-order valence-electron chi connectivity index (χ1n) is 12.6. The number of benzene rings is 1. The first-order chi connectivity index (χ1) is 16.0. The third kappa shape index (κ3) is 5.70. The fourth-order valence-electron chi connectivity index (χ4n) is 5.69. The predicted molar refractivity (Wildman–Crippen MR) is 137 cm³/mol. The molecule has 2 atom stereocenters. The molecule has 1 fully saturated rings. The molecule has 0 radical (unpaired) electrons. The molecule has 6 heteroatoms. The van der Waals surface area contributed by atoms with Gasteiger partial charge in [0.15, 0.2) is 0 Å². The highest BCUT2D eigenvalue weighted by Gasteiger charge is 2.29. The average molecular weight is 470 g/mol. The Hall–Kier alpha value is -2.63. The number of aryl methyl sites for hydroxylation is 1. The van der Waals surface area contributed by atoms with E-state index in [-0.39, 0.29) is 23.9 Å². The molecule has 186 valence electrons. The number of rotatable bonds is 7. The van der Waals surface area contributed by atoms with Gasteiger partial charge in [0.05, 0.1) is 0 Å². The number of aromatic nitrogens is 1. The van der Waals surface area contributed by atoms with Gasteiger partial charge < -0.3 is 15.2 Å². The number of hydrogen-bond donors (Lipinski definition) is 2. The van der Waals surface area contributed by atoms with Crippen molar-refractivity contribution >= 4 is 11.6 Å². The van der Waals surface area contributed by atoms with Gasteiger partial charge >= 0.3 is 0 Å². The Balaban J connectivity index is 1.89. The van der Waals surface area contributed by atoms with E-state index >= 15 is 0 Å². The van der Waals surface area contributed by atoms with Crippen LogP contribution in [0.15, 0.2) is 23.0 Å². The maximum Gasteiger partial charge on any atom is 0.253 e. The van der Waals surface area contributed by atoms with Crippen molar-refractivity contribution in [2.75, 3.05) is 11.4 Å². The van der Waals surface area contributed by atoms with Crippen molar-refractivity contribution in [3.05, 3.63) is 62.3 Å². The second-order valence-electron chi connectivity index (χ2n) is 10.5. The fraction of sp³-hybridized carbons (Fsp3) is 0.571. The summed E-state index contributed by atoms with van der Waals surface area (Å²) >= 11 is 0. The van der Waals surface area contributed by atoms with Crippen LogP contribution in [0, 0.1) is 31.5 Å². The van der Waals surface area contributed by atoms with Crippen molar-refractivity contribution in [2.24, 2.45) is 11.8 Å². The van der Waals surface area contributed by atoms with Crippen LogP contribution < -0.4 is 15.8 Å². The average Bonchev–Trinajstić information content (AvgIpc) is 2.74. The molecule has 5 nitrogen and oxygen atoms in total. The number of hydrogen-bond acceptors (Lipinski definition) is 3. The molecule has 34 heavy (non-hydrogen) atoms. The number of H-pyrrole nitrogens is 1. The summed E-state index contributed by atoms with van der Waals surface area (Å²) in [7, 11) is 0. The maximum atomic E-state index is 14.8. The lowest BCUT2D eigenvalue weighted by Gasteiger charge is -2.41. The van der Waals surface area contributed by atoms with E-state index in [1.165, 1.54) is 12.5 Å². The molecule has 0 saturated heterocycles. The summed E-state index contributed by atoms with van der Waals surface area (Å²) in [6, 6.07) is 5.14. The molecule has 1 saturated carbocycles. The lowest BCUT2D eigenvalue weighted by molar-refractivity contribution is 0.0949. The topological polar surface area (TPSA) is 65.2 Å². The molecule has 0 aliphatic heterocycles. The van der Waals surface area contributed by atoms with E-state index in [4.69, 9.17) is 0 Å². The Bertz CT molecular complexity index is 1080. The summed E-state index contributed by atoms with van der Waals surface area (Å²) in [6.07, 6.45) is 3.37. The van der Waals surface area contributed by atoms with E-state index in [2.05, 4.69) is 36.0 Å². The summed E-state index contributed by atoms with van der Waals surface area (Å²) in [5.41, 5.74) is 3.93. The zero-order chi connectivity index (χ0) is 25.2. The Labute approximate surface area is 203 Å². The van der Waals surface area contributed by atoms with Gasteiger partial charge in [0, 0.05) is 41.6 Å². The molecule has 3 rings (SSSR count). The Kier molecular flexibility index (Phi) is 8.21. The number of nitrogens with one attached hydrogen (secondary N) is 2. The first kappa shape index (κ1) is 26.0. The van der Waals surface area contributed by atoms with Gasteiger partial charge in [-0.1, -0.05) is 27.7 Å². The number of halogens is 1. The Morgan fingerprint density at radius 3 is 2.38 bits per heavy atom. The molecule has 2 aromatic rings. The van der Waals surface area contributed by atoms with Crippen LogP contribution >= 0.6 is 0 Å². The van der Waals surface area contributed by atoms with Crippen LogP contribution in [-0.2, 0) is 6.54 Å². The van der Waals surface area contributed by atoms with Gasteiger partial charge in [0.25, 0.3) is 11.5 Å². The lowest BCUT2D eigenvalue weighted by atomic mass is 9.79. The molecule has 0 unspecified atom stereocenters. The monoisotopic (exact) mass is 469 g/mol. The van der Waals surface area contributed by atoms with Gasteiger partial charge in [-0.15, -0.1) is 0 Å². The van der Waals surface area contributed by atoms with Crippen molar-refractivity contribution in [3.63, 3.8) is 0 Å². The van der Waals surface area contributed by atoms with Crippen molar-refractivity contribution in [3.8, 4) is 0 Å². The third-order valence-electron chi connectivity index (χ3n) is 7.19. The quantitative estimate of drug-likeness (QED) is 0.536. The number of nitrogens with zero attached hydrogens (tertiary/aromatic N) is 1. The number of carbonyl (C=O) groups is 1. The molecule has 1 aliphatic carbocycles. The largest absolute Gasteiger partial charge is 0.368 e. The molecule has 0 bridgehead atoms. The molecule has 1 aromatic heterocycles. The number of pyridine rings is 1. The third-order valence-corrected chi connectivity index (χ3v) is 7.19. The molecule has 1 aromatic carbocycles. The summed E-state index contributed by atoms with van der Waals surface area (Å²) in [6.45, 7) is 15.3. The molecule has 1 aliphatic rings. The minimum atomic E-state index is -0.419. The van der Waals surface area contributed by atoms with Gasteiger partial charge in [-0.25, -0.2) is 4.39 Å². The second-order valence-corrected chi connectivity index (χ2v) is 10.5. The van der Waals surface area contributed by atoms with E-state index in [0.717, 1.165) is 41.9 Å². The van der Waals surface area contributed by atoms with Crippen LogP contribution in [0.1, 0.15) is 92.5 Å². The van der Waals surface area contributed by atoms with Crippen LogP contribution in [0.4, 0.5) is 10.1 Å². The predicted octanol–water partition coefficient (Wildman–Crippen LogP) is 5.84. The van der Waals surface area contributed by atoms with Gasteiger partial charge in [-0.2, -0.15) is 0 Å². The van der Waals surface area contributed by atoms with Crippen molar-refractivity contribution in [1.82, 2.24) is 10.3 Å². The van der Waals surface area contributed by atoms with Gasteiger partial charge in [-0.05, 0) is 87.1 Å². The van der Waals surface area contributed by atoms with Crippen LogP contribution in [0.5, 0.6) is 0 Å². The van der Waals surface area contributed by atoms with E-state index in [1.54, 1.807) is 6.07 Å². The van der Waals surface area contributed by atoms with E-state index in [9.17, 15) is 14.0 Å². The van der Waals surface area contributed by atoms with Crippen LogP contribution in [0.3, 0.4) is 0 Å². The van der Waals surface area contributed by atoms with Crippen LogP contribution in [0.2, 0.25) is 0 Å². The number of amides is 1. The summed E-state index contributed by atoms with van der Waals surface area (Å²) in [5, 5.41) is 2.87. The maximum absolute atomic E-state index is 14.8. The second kappa shape index (κ2) is 10.7. The number of carbonyl (C=O) groups excluding carboxylic acids is 1. The molecular weight excluding hydrogens is 429 g/mol. The minimum absolute atomic E-state index is 0.0996. The zero-order valence-electron chi connectivity index (χ0n) is 21.7. The minimum Gasteiger partial charge on any atom is -0.368 e. The number of aromatic amines is 1. The van der Waals surface area contributed by atoms with Gasteiger partial charge in [-0.3, -0.25) is 9.59 Å². The molecular formula is C28H40FN3O2. The highest BCUT2D eigenvalue weighted by molar-refractivity contribution is 5.97. The lowest BCUT2D eigenvalue weighted by Crippen LogP contribution is -2.41. The van der Waals surface area contributed by atoms with Crippen LogP contribution in [0.25, 0.3) is 0 Å². The summed E-state index contributed by atoms with van der Waals surface area (Å²) in [4.78, 5) is 30.8. The van der Waals surface area contributed by atoms with Crippen molar-refractivity contribution in [2.45, 2.75) is 86.2 Å². The van der Waals surface area contributed by atoms with E-state index in [0.29, 0.717) is 29.0 Å². The van der Waals surface area contributed by atoms with E-state index < -0.39 is 5.82 Å². The Morgan fingerprint density at radius 1 is 1.15 bits per heavy atom. The molecule has 2 N–H and O–H groups in total. The zero-order valence-corrected chi connectivity index (χ0v) is 21.7. The molecule has 0 spiro atoms. The summed E-state index contributed by atoms with van der Waals surface area (Å²) in [5.74, 6) is 0.615. The molecule has 1 amide bonds. The highest BCUT2D eigenvalue weighted by atomic mass is 19.1. The van der Waals surface area contributed by atoms with E-state index in [1.807, 2.05) is 33.8 Å². The van der Waals surface area contributed by atoms with Gasteiger partial charge in [0.1, 0.15) is 5.82 Å². The first-order valence-corrected chi connectivity index (χ1v) is 12.6. The number of anilines is 1. The van der Waals surface area contributed by atoms with Gasteiger partial charge in [0.2, 0.25) is 0 Å². The highest BCUT2D eigenvalue weighted by Crippen LogP contribution is 2.36. The Morgan fingerprint density at radius 2 is 1.79 bits per heavy atom. The fourth-order valence-corrected chi connectivity index (χ4v) is 5.69. The standard InChI is InChI=1S/C28H40FN3O2/c1-8-32(22-10-17(4)9-18(5)11-22)26-14-21(29)13-24(20(26)7)27(33)30-15-25-23(16(2)3)12-19(6)31-28(25)34/h12-14,16-18,22H,8-11,15H2,1-7H3,(H,30,33)(H,31,34)/t17-,18-/m0/s1. The normalized spacial score (nSPS) is 20.4. The SMILES string of the molecule is CCN(c1cc(F)cc(C(=O)NCc2c(C(C)C)cc(C)[nH]c2=O)c1C)C1C[C@@H](C)C[C@H](C)C1. The van der Waals surface area contributed by atoms with Crippen molar-refractivity contribution < 1.29 is 9.18 Å². The van der Waals surface area contributed by atoms with Crippen LogP contribution in [-0.4, -0.2) is 23.5 Å². The summed E-state index contributed by atoms with van der Waals surface area (Å²) < 4.78 is 14.8. The smallest absolute Gasteiger partial charge is 0.253 e.